The van der Waals surface area contributed by atoms with E-state index in [1.54, 1.807) is 18.0 Å². The Morgan fingerprint density at radius 1 is 1.33 bits per heavy atom. The highest BCUT2D eigenvalue weighted by molar-refractivity contribution is 7.98. The van der Waals surface area contributed by atoms with Crippen LogP contribution in [0.2, 0.25) is 0 Å². The van der Waals surface area contributed by atoms with Crippen molar-refractivity contribution < 1.29 is 5.11 Å². The molecule has 2 nitrogen and oxygen atoms in total. The predicted molar refractivity (Wildman–Crippen MR) is 64.4 cm³/mol. The lowest BCUT2D eigenvalue weighted by atomic mass is 10.1. The van der Waals surface area contributed by atoms with Gasteiger partial charge < -0.3 is 5.11 Å². The van der Waals surface area contributed by atoms with Crippen molar-refractivity contribution >= 4 is 23.1 Å². The molecular weight excluding hydrogens is 226 g/mol. The molecule has 0 fully saturated rings. The van der Waals surface area contributed by atoms with Crippen LogP contribution in [-0.2, 0) is 0 Å². The summed E-state index contributed by atoms with van der Waals surface area (Å²) in [7, 11) is 0. The Bertz CT molecular complexity index is 411. The lowest BCUT2D eigenvalue weighted by Gasteiger charge is -2.07. The molecule has 0 bridgehead atoms. The summed E-state index contributed by atoms with van der Waals surface area (Å²) in [6.45, 7) is 0. The van der Waals surface area contributed by atoms with E-state index in [0.717, 1.165) is 10.6 Å². The number of hydrogen-bond donors (Lipinski definition) is 1. The zero-order chi connectivity index (χ0) is 10.7. The molecule has 78 valence electrons. The largest absolute Gasteiger partial charge is 0.381 e. The van der Waals surface area contributed by atoms with E-state index >= 15 is 0 Å². The van der Waals surface area contributed by atoms with Crippen molar-refractivity contribution in [1.82, 2.24) is 4.98 Å². The third kappa shape index (κ3) is 2.40. The Labute approximate surface area is 97.0 Å². The second-order valence-corrected chi connectivity index (χ2v) is 4.85. The molecule has 1 N–H and O–H groups in total. The van der Waals surface area contributed by atoms with Crippen LogP contribution in [0, 0.1) is 0 Å². The van der Waals surface area contributed by atoms with Crippen LogP contribution >= 0.6 is 23.1 Å². The van der Waals surface area contributed by atoms with Crippen molar-refractivity contribution in [3.05, 3.63) is 46.4 Å². The summed E-state index contributed by atoms with van der Waals surface area (Å²) >= 11 is 3.16. The first-order chi connectivity index (χ1) is 7.31. The van der Waals surface area contributed by atoms with Gasteiger partial charge in [-0.05, 0) is 24.0 Å². The monoisotopic (exact) mass is 237 g/mol. The van der Waals surface area contributed by atoms with Crippen molar-refractivity contribution in [3.8, 4) is 0 Å². The SMILES string of the molecule is CSc1ccc(C(O)c2nccs2)cc1. The molecule has 4 heteroatoms. The number of nitrogens with zero attached hydrogens (tertiary/aromatic N) is 1. The van der Waals surface area contributed by atoms with Crippen molar-refractivity contribution in [3.63, 3.8) is 0 Å². The average Bonchev–Trinajstić information content (AvgIpc) is 2.82. The van der Waals surface area contributed by atoms with Gasteiger partial charge in [-0.25, -0.2) is 4.98 Å². The number of aliphatic hydroxyl groups excluding tert-OH is 1. The van der Waals surface area contributed by atoms with Gasteiger partial charge in [0, 0.05) is 16.5 Å². The Morgan fingerprint density at radius 3 is 2.60 bits per heavy atom. The van der Waals surface area contributed by atoms with Crippen molar-refractivity contribution in [2.45, 2.75) is 11.0 Å². The first kappa shape index (κ1) is 10.7. The van der Waals surface area contributed by atoms with Crippen molar-refractivity contribution in [2.75, 3.05) is 6.26 Å². The number of thioether (sulfide) groups is 1. The van der Waals surface area contributed by atoms with Crippen LogP contribution in [0.3, 0.4) is 0 Å². The molecule has 15 heavy (non-hydrogen) atoms. The van der Waals surface area contributed by atoms with E-state index in [4.69, 9.17) is 0 Å². The highest BCUT2D eigenvalue weighted by atomic mass is 32.2. The fraction of sp³-hybridized carbons (Fsp3) is 0.182. The van der Waals surface area contributed by atoms with Crippen LogP contribution in [0.25, 0.3) is 0 Å². The third-order valence-corrected chi connectivity index (χ3v) is 3.69. The maximum absolute atomic E-state index is 9.99. The van der Waals surface area contributed by atoms with Gasteiger partial charge in [0.1, 0.15) is 11.1 Å². The predicted octanol–water partition coefficient (Wildman–Crippen LogP) is 2.95. The van der Waals surface area contributed by atoms with E-state index in [1.165, 1.54) is 16.2 Å². The zero-order valence-electron chi connectivity index (χ0n) is 8.25. The molecule has 0 spiro atoms. The van der Waals surface area contributed by atoms with Crippen LogP contribution in [0.15, 0.2) is 40.7 Å². The summed E-state index contributed by atoms with van der Waals surface area (Å²) in [4.78, 5) is 5.30. The lowest BCUT2D eigenvalue weighted by Crippen LogP contribution is -1.98. The molecule has 0 aliphatic heterocycles. The highest BCUT2D eigenvalue weighted by Crippen LogP contribution is 2.25. The van der Waals surface area contributed by atoms with Crippen LogP contribution in [0.4, 0.5) is 0 Å². The minimum absolute atomic E-state index is 0.596. The molecule has 1 aromatic heterocycles. The first-order valence-corrected chi connectivity index (χ1v) is 6.63. The maximum Gasteiger partial charge on any atom is 0.131 e. The van der Waals surface area contributed by atoms with Gasteiger partial charge in [0.2, 0.25) is 0 Å². The summed E-state index contributed by atoms with van der Waals surface area (Å²) in [5, 5.41) is 12.6. The molecule has 1 atom stereocenters. The molecule has 0 aliphatic carbocycles. The van der Waals surface area contributed by atoms with E-state index in [0.29, 0.717) is 0 Å². The molecule has 0 amide bonds. The smallest absolute Gasteiger partial charge is 0.131 e. The van der Waals surface area contributed by atoms with Gasteiger partial charge in [0.05, 0.1) is 0 Å². The number of hydrogen-bond acceptors (Lipinski definition) is 4. The number of rotatable bonds is 3. The van der Waals surface area contributed by atoms with Gasteiger partial charge in [-0.15, -0.1) is 23.1 Å². The maximum atomic E-state index is 9.99. The van der Waals surface area contributed by atoms with Gasteiger partial charge in [0.15, 0.2) is 0 Å². The molecule has 0 saturated heterocycles. The van der Waals surface area contributed by atoms with Gasteiger partial charge in [-0.3, -0.25) is 0 Å². The molecular formula is C11H11NOS2. The van der Waals surface area contributed by atoms with E-state index in [-0.39, 0.29) is 0 Å². The molecule has 1 unspecified atom stereocenters. The Balaban J connectivity index is 2.22. The molecule has 1 aromatic carbocycles. The van der Waals surface area contributed by atoms with E-state index in [2.05, 4.69) is 4.98 Å². The molecule has 2 rings (SSSR count). The minimum Gasteiger partial charge on any atom is -0.381 e. The van der Waals surface area contributed by atoms with Crippen molar-refractivity contribution in [2.24, 2.45) is 0 Å². The average molecular weight is 237 g/mol. The van der Waals surface area contributed by atoms with E-state index in [1.807, 2.05) is 35.9 Å². The summed E-state index contributed by atoms with van der Waals surface area (Å²) in [6.07, 6.45) is 3.15. The van der Waals surface area contributed by atoms with Crippen LogP contribution < -0.4 is 0 Å². The van der Waals surface area contributed by atoms with E-state index in [9.17, 15) is 5.11 Å². The fourth-order valence-corrected chi connectivity index (χ4v) is 2.35. The quantitative estimate of drug-likeness (QED) is 0.833. The number of benzene rings is 1. The second kappa shape index (κ2) is 4.79. The topological polar surface area (TPSA) is 33.1 Å². The number of aliphatic hydroxyl groups is 1. The van der Waals surface area contributed by atoms with Crippen LogP contribution in [0.1, 0.15) is 16.7 Å². The highest BCUT2D eigenvalue weighted by Gasteiger charge is 2.12. The lowest BCUT2D eigenvalue weighted by molar-refractivity contribution is 0.219. The normalized spacial score (nSPS) is 12.7. The van der Waals surface area contributed by atoms with Crippen LogP contribution in [-0.4, -0.2) is 16.3 Å². The molecule has 0 radical (unpaired) electrons. The minimum atomic E-state index is -0.596. The Morgan fingerprint density at radius 2 is 2.07 bits per heavy atom. The summed E-state index contributed by atoms with van der Waals surface area (Å²) in [5.74, 6) is 0. The molecule has 1 heterocycles. The van der Waals surface area contributed by atoms with Gasteiger partial charge in [-0.1, -0.05) is 12.1 Å². The number of aromatic nitrogens is 1. The van der Waals surface area contributed by atoms with Crippen molar-refractivity contribution in [1.29, 1.82) is 0 Å². The number of thiazole rings is 1. The molecule has 0 saturated carbocycles. The standard InChI is InChI=1S/C11H11NOS2/c1-14-9-4-2-8(3-5-9)10(13)11-12-6-7-15-11/h2-7,10,13H,1H3. The molecule has 0 aliphatic rings. The first-order valence-electron chi connectivity index (χ1n) is 4.52. The summed E-state index contributed by atoms with van der Waals surface area (Å²) in [6, 6.07) is 7.91. The fourth-order valence-electron chi connectivity index (χ4n) is 1.30. The van der Waals surface area contributed by atoms with Crippen LogP contribution in [0.5, 0.6) is 0 Å². The summed E-state index contributed by atoms with van der Waals surface area (Å²) < 4.78 is 0. The molecule has 2 aromatic rings. The second-order valence-electron chi connectivity index (χ2n) is 3.05. The Hall–Kier alpha value is -0.840. The summed E-state index contributed by atoms with van der Waals surface area (Å²) in [5.41, 5.74) is 0.891. The Kier molecular flexibility index (Phi) is 3.41. The van der Waals surface area contributed by atoms with Gasteiger partial charge in [0.25, 0.3) is 0 Å². The zero-order valence-corrected chi connectivity index (χ0v) is 9.89. The van der Waals surface area contributed by atoms with Gasteiger partial charge in [-0.2, -0.15) is 0 Å². The van der Waals surface area contributed by atoms with E-state index < -0.39 is 6.10 Å². The van der Waals surface area contributed by atoms with Gasteiger partial charge >= 0.3 is 0 Å². The third-order valence-electron chi connectivity index (χ3n) is 2.12.